The SMILES string of the molecule is N#Cc1ccc(-n2c3ccccc3c3cc(-c4ccc5c(c4)c4cc(-c6ccc7c(c6)c6ccccc6n7-c6ccccc6)ccc4n5-c4ccc(C#N)c(N5C(=O)c6ccccc6C5=O)c4)ccc32)cc1. The van der Waals surface area contributed by atoms with Crippen molar-refractivity contribution < 1.29 is 9.59 Å². The second-order valence-corrected chi connectivity index (χ2v) is 18.3. The zero-order valence-corrected chi connectivity index (χ0v) is 38.3. The van der Waals surface area contributed by atoms with Crippen LogP contribution in [0.5, 0.6) is 0 Å². The van der Waals surface area contributed by atoms with Crippen molar-refractivity contribution in [1.82, 2.24) is 13.7 Å². The molecular weight excluding hydrogens is 885 g/mol. The summed E-state index contributed by atoms with van der Waals surface area (Å²) in [6, 6.07) is 78.2. The van der Waals surface area contributed by atoms with Gasteiger partial charge in [-0.15, -0.1) is 0 Å². The van der Waals surface area contributed by atoms with Crippen LogP contribution in [0.3, 0.4) is 0 Å². The van der Waals surface area contributed by atoms with Gasteiger partial charge >= 0.3 is 0 Å². The molecule has 10 aromatic carbocycles. The van der Waals surface area contributed by atoms with Crippen LogP contribution < -0.4 is 4.90 Å². The summed E-state index contributed by atoms with van der Waals surface area (Å²) < 4.78 is 6.73. The molecule has 0 bridgehead atoms. The van der Waals surface area contributed by atoms with Crippen molar-refractivity contribution in [2.24, 2.45) is 0 Å². The topological polar surface area (TPSA) is 99.8 Å². The Hall–Kier alpha value is -10.3. The highest BCUT2D eigenvalue weighted by atomic mass is 16.2. The lowest BCUT2D eigenvalue weighted by molar-refractivity contribution is 0.0926. The molecule has 4 heterocycles. The third-order valence-corrected chi connectivity index (χ3v) is 14.4. The van der Waals surface area contributed by atoms with Gasteiger partial charge in [0.25, 0.3) is 11.8 Å². The largest absolute Gasteiger partial charge is 0.309 e. The van der Waals surface area contributed by atoms with Crippen molar-refractivity contribution in [3.05, 3.63) is 241 Å². The lowest BCUT2D eigenvalue weighted by Gasteiger charge is -2.18. The molecule has 2 amide bonds. The van der Waals surface area contributed by atoms with E-state index in [9.17, 15) is 20.1 Å². The molecule has 0 saturated heterocycles. The number of carbonyl (C=O) groups excluding carboxylic acids is 2. The van der Waals surface area contributed by atoms with Gasteiger partial charge in [0.1, 0.15) is 6.07 Å². The summed E-state index contributed by atoms with van der Waals surface area (Å²) in [4.78, 5) is 28.9. The molecule has 334 valence electrons. The van der Waals surface area contributed by atoms with Gasteiger partial charge in [0.05, 0.1) is 67.1 Å². The highest BCUT2D eigenvalue weighted by Crippen LogP contribution is 2.42. The Balaban J connectivity index is 0.968. The number of anilines is 1. The lowest BCUT2D eigenvalue weighted by Crippen LogP contribution is -2.30. The summed E-state index contributed by atoms with van der Waals surface area (Å²) in [5.74, 6) is -0.914. The van der Waals surface area contributed by atoms with Crippen molar-refractivity contribution >= 4 is 82.9 Å². The van der Waals surface area contributed by atoms with Crippen LogP contribution in [-0.4, -0.2) is 25.5 Å². The molecule has 14 rings (SSSR count). The summed E-state index contributed by atoms with van der Waals surface area (Å²) in [5.41, 5.74) is 14.9. The summed E-state index contributed by atoms with van der Waals surface area (Å²) in [5, 5.41) is 26.5. The number of nitriles is 2. The lowest BCUT2D eigenvalue weighted by atomic mass is 9.98. The molecule has 3 aromatic heterocycles. The van der Waals surface area contributed by atoms with Gasteiger partial charge in [-0.1, -0.05) is 91.0 Å². The number of amides is 2. The van der Waals surface area contributed by atoms with Gasteiger partial charge in [-0.05, 0) is 150 Å². The van der Waals surface area contributed by atoms with Gasteiger partial charge in [0.2, 0.25) is 0 Å². The third kappa shape index (κ3) is 5.97. The fourth-order valence-corrected chi connectivity index (χ4v) is 11.1. The van der Waals surface area contributed by atoms with Crippen molar-refractivity contribution in [2.75, 3.05) is 4.90 Å². The molecule has 72 heavy (non-hydrogen) atoms. The van der Waals surface area contributed by atoms with E-state index in [0.717, 1.165) is 98.6 Å². The summed E-state index contributed by atoms with van der Waals surface area (Å²) in [6.45, 7) is 0. The Bertz CT molecular complexity index is 4540. The predicted octanol–water partition coefficient (Wildman–Crippen LogP) is 14.9. The maximum absolute atomic E-state index is 13.9. The van der Waals surface area contributed by atoms with Crippen LogP contribution in [0.15, 0.2) is 218 Å². The molecule has 8 nitrogen and oxygen atoms in total. The van der Waals surface area contributed by atoms with Crippen LogP contribution in [0, 0.1) is 22.7 Å². The van der Waals surface area contributed by atoms with Crippen LogP contribution in [0.25, 0.3) is 105 Å². The van der Waals surface area contributed by atoms with Crippen LogP contribution in [-0.2, 0) is 0 Å². The molecule has 0 N–H and O–H groups in total. The van der Waals surface area contributed by atoms with Gasteiger partial charge in [-0.3, -0.25) is 9.59 Å². The molecule has 0 atom stereocenters. The van der Waals surface area contributed by atoms with Crippen LogP contribution in [0.1, 0.15) is 31.8 Å². The molecule has 0 saturated carbocycles. The number of benzene rings is 10. The van der Waals surface area contributed by atoms with Crippen LogP contribution in [0.4, 0.5) is 5.69 Å². The zero-order valence-electron chi connectivity index (χ0n) is 38.3. The first kappa shape index (κ1) is 40.8. The number of rotatable bonds is 6. The molecule has 0 radical (unpaired) electrons. The molecule has 0 spiro atoms. The molecule has 0 unspecified atom stereocenters. The fraction of sp³-hybridized carbons (Fsp3) is 0. The number of hydrogen-bond donors (Lipinski definition) is 0. The first-order valence-corrected chi connectivity index (χ1v) is 23.7. The van der Waals surface area contributed by atoms with Crippen molar-refractivity contribution in [2.45, 2.75) is 0 Å². The van der Waals surface area contributed by atoms with E-state index in [1.54, 1.807) is 36.4 Å². The van der Waals surface area contributed by atoms with Crippen molar-refractivity contribution in [1.29, 1.82) is 10.5 Å². The van der Waals surface area contributed by atoms with E-state index in [4.69, 9.17) is 0 Å². The molecule has 8 heteroatoms. The molecule has 0 aliphatic carbocycles. The van der Waals surface area contributed by atoms with Crippen molar-refractivity contribution in [3.8, 4) is 51.5 Å². The first-order valence-electron chi connectivity index (χ1n) is 23.7. The Labute approximate surface area is 411 Å². The van der Waals surface area contributed by atoms with Gasteiger partial charge < -0.3 is 13.7 Å². The summed E-state index contributed by atoms with van der Waals surface area (Å²) >= 11 is 0. The highest BCUT2D eigenvalue weighted by Gasteiger charge is 2.38. The number of hydrogen-bond acceptors (Lipinski definition) is 4. The highest BCUT2D eigenvalue weighted by molar-refractivity contribution is 6.35. The molecule has 1 aliphatic rings. The number of aromatic nitrogens is 3. The van der Waals surface area contributed by atoms with E-state index >= 15 is 0 Å². The Morgan fingerprint density at radius 1 is 0.319 bits per heavy atom. The molecule has 1 aliphatic heterocycles. The van der Waals surface area contributed by atoms with Gasteiger partial charge in [-0.25, -0.2) is 4.90 Å². The second kappa shape index (κ2) is 15.6. The number of nitrogens with zero attached hydrogens (tertiary/aromatic N) is 6. The van der Waals surface area contributed by atoms with Gasteiger partial charge in [0, 0.05) is 49.4 Å². The average molecular weight is 921 g/mol. The van der Waals surface area contributed by atoms with Gasteiger partial charge in [-0.2, -0.15) is 10.5 Å². The Kier molecular flexibility index (Phi) is 8.85. The van der Waals surface area contributed by atoms with Crippen LogP contribution in [0.2, 0.25) is 0 Å². The monoisotopic (exact) mass is 920 g/mol. The summed E-state index contributed by atoms with van der Waals surface area (Å²) in [7, 11) is 0. The smallest absolute Gasteiger partial charge is 0.266 e. The van der Waals surface area contributed by atoms with E-state index in [0.29, 0.717) is 22.4 Å². The second-order valence-electron chi connectivity index (χ2n) is 18.3. The number of carbonyl (C=O) groups is 2. The molecule has 13 aromatic rings. The number of para-hydroxylation sites is 3. The average Bonchev–Trinajstić information content (AvgIpc) is 4.14. The van der Waals surface area contributed by atoms with E-state index in [1.807, 2.05) is 36.4 Å². The molecule has 0 fully saturated rings. The number of fused-ring (bicyclic) bond motifs is 10. The maximum Gasteiger partial charge on any atom is 0.266 e. The maximum atomic E-state index is 13.9. The molecular formula is C64H36N6O2. The predicted molar refractivity (Wildman–Crippen MR) is 287 cm³/mol. The van der Waals surface area contributed by atoms with E-state index in [-0.39, 0.29) is 11.3 Å². The van der Waals surface area contributed by atoms with E-state index in [1.165, 1.54) is 5.39 Å². The van der Waals surface area contributed by atoms with Crippen LogP contribution >= 0.6 is 0 Å². The zero-order chi connectivity index (χ0) is 48.2. The Morgan fingerprint density at radius 2 is 0.708 bits per heavy atom. The minimum Gasteiger partial charge on any atom is -0.309 e. The minimum absolute atomic E-state index is 0.221. The van der Waals surface area contributed by atoms with E-state index in [2.05, 4.69) is 171 Å². The summed E-state index contributed by atoms with van der Waals surface area (Å²) in [6.07, 6.45) is 0. The fourth-order valence-electron chi connectivity index (χ4n) is 11.1. The quantitative estimate of drug-likeness (QED) is 0.155. The minimum atomic E-state index is -0.457. The first-order chi connectivity index (χ1) is 35.4. The standard InChI is InChI=1S/C64H36N6O2/c65-37-39-18-25-46(26-19-39)68-57-17-9-7-13-49(57)53-33-41(22-29-59(53)68)43-24-31-61-55(35-43)54-34-42(40-21-28-58-52(32-40)48-12-6-8-16-56(48)67(58)45-10-2-1-3-11-45)23-30-60(54)69(61)47-27-20-44(38-66)62(36-47)70-63(71)50-14-4-5-15-51(50)64(70)72/h1-36H. The third-order valence-electron chi connectivity index (χ3n) is 14.4. The van der Waals surface area contributed by atoms with E-state index < -0.39 is 11.8 Å². The van der Waals surface area contributed by atoms with Crippen molar-refractivity contribution in [3.63, 3.8) is 0 Å². The number of imide groups is 1. The normalized spacial score (nSPS) is 12.4. The Morgan fingerprint density at radius 3 is 1.18 bits per heavy atom. The van der Waals surface area contributed by atoms with Gasteiger partial charge in [0.15, 0.2) is 0 Å².